The maximum Gasteiger partial charge on any atom is 0.417 e. The second kappa shape index (κ2) is 6.37. The van der Waals surface area contributed by atoms with Crippen molar-refractivity contribution in [2.75, 3.05) is 6.54 Å². The molecule has 0 aliphatic heterocycles. The van der Waals surface area contributed by atoms with Crippen molar-refractivity contribution >= 4 is 10.0 Å². The molecule has 0 atom stereocenters. The lowest BCUT2D eigenvalue weighted by Crippen LogP contribution is -2.39. The molecule has 1 aliphatic rings. The van der Waals surface area contributed by atoms with Gasteiger partial charge in [-0.2, -0.15) is 17.5 Å². The summed E-state index contributed by atoms with van der Waals surface area (Å²) in [5.74, 6) is 0. The van der Waals surface area contributed by atoms with Crippen LogP contribution in [0.5, 0.6) is 0 Å². The lowest BCUT2D eigenvalue weighted by molar-refractivity contribution is -0.140. The van der Waals surface area contributed by atoms with E-state index in [0.29, 0.717) is 18.9 Å². The highest BCUT2D eigenvalue weighted by Crippen LogP contribution is 2.36. The maximum atomic E-state index is 13.1. The van der Waals surface area contributed by atoms with Crippen LogP contribution in [0, 0.1) is 0 Å². The van der Waals surface area contributed by atoms with Crippen molar-refractivity contribution in [1.29, 1.82) is 0 Å². The van der Waals surface area contributed by atoms with Crippen LogP contribution in [-0.4, -0.2) is 30.3 Å². The van der Waals surface area contributed by atoms with Crippen molar-refractivity contribution in [3.63, 3.8) is 0 Å². The fourth-order valence-electron chi connectivity index (χ4n) is 2.71. The van der Waals surface area contributed by atoms with Crippen LogP contribution in [0.25, 0.3) is 0 Å². The second-order valence-corrected chi connectivity index (χ2v) is 7.03. The summed E-state index contributed by atoms with van der Waals surface area (Å²) in [5, 5.41) is 0. The molecule has 122 valence electrons. The molecule has 0 bridgehead atoms. The smallest absolute Gasteiger partial charge is 0.263 e. The Bertz CT molecular complexity index is 638. The third kappa shape index (κ3) is 3.33. The molecule has 0 radical (unpaired) electrons. The lowest BCUT2D eigenvalue weighted by atomic mass is 10.2. The van der Waals surface area contributed by atoms with Gasteiger partial charge in [-0.15, -0.1) is 6.58 Å². The molecule has 1 aliphatic carbocycles. The predicted octanol–water partition coefficient (Wildman–Crippen LogP) is 3.22. The fourth-order valence-corrected chi connectivity index (χ4v) is 4.52. The Balaban J connectivity index is 2.50. The van der Waals surface area contributed by atoms with Crippen LogP contribution >= 0.6 is 0 Å². The molecule has 0 unspecified atom stereocenters. The predicted molar refractivity (Wildman–Crippen MR) is 75.6 cm³/mol. The zero-order valence-corrected chi connectivity index (χ0v) is 12.7. The lowest BCUT2D eigenvalue weighted by Gasteiger charge is -2.27. The van der Waals surface area contributed by atoms with Gasteiger partial charge in [-0.1, -0.05) is 18.9 Å². The van der Waals surface area contributed by atoms with Crippen molar-refractivity contribution in [3.8, 4) is 0 Å². The fraction of sp³-hybridized carbons (Fsp3) is 0.500. The number of hydrogen-bond donors (Lipinski definition) is 0. The Morgan fingerprint density at radius 3 is 2.55 bits per heavy atom. The quantitative estimate of drug-likeness (QED) is 0.777. The number of nitrogens with zero attached hydrogens (tertiary/aromatic N) is 2. The van der Waals surface area contributed by atoms with E-state index in [4.69, 9.17) is 0 Å². The molecule has 0 N–H and O–H groups in total. The van der Waals surface area contributed by atoms with Crippen LogP contribution < -0.4 is 0 Å². The number of rotatable bonds is 5. The van der Waals surface area contributed by atoms with Gasteiger partial charge in [-0.25, -0.2) is 8.42 Å². The van der Waals surface area contributed by atoms with Crippen molar-refractivity contribution < 1.29 is 21.6 Å². The molecule has 1 saturated carbocycles. The van der Waals surface area contributed by atoms with Crippen molar-refractivity contribution in [2.45, 2.75) is 42.8 Å². The summed E-state index contributed by atoms with van der Waals surface area (Å²) in [4.78, 5) is 2.77. The van der Waals surface area contributed by atoms with Gasteiger partial charge in [0.2, 0.25) is 10.0 Å². The third-order valence-corrected chi connectivity index (χ3v) is 5.66. The Morgan fingerprint density at radius 2 is 2.00 bits per heavy atom. The SMILES string of the molecule is C=CCN(C1CCCC1)S(=O)(=O)c1cnccc1C(F)(F)F. The molecular weight excluding hydrogens is 317 g/mol. The second-order valence-electron chi connectivity index (χ2n) is 5.17. The van der Waals surface area contributed by atoms with E-state index >= 15 is 0 Å². The summed E-state index contributed by atoms with van der Waals surface area (Å²) in [7, 11) is -4.28. The van der Waals surface area contributed by atoms with Crippen LogP contribution in [0.3, 0.4) is 0 Å². The van der Waals surface area contributed by atoms with Crippen LogP contribution in [0.15, 0.2) is 36.0 Å². The van der Waals surface area contributed by atoms with Gasteiger partial charge in [0.25, 0.3) is 0 Å². The highest BCUT2D eigenvalue weighted by atomic mass is 32.2. The molecular formula is C14H17F3N2O2S. The molecule has 0 saturated heterocycles. The van der Waals surface area contributed by atoms with Gasteiger partial charge in [0, 0.05) is 25.0 Å². The summed E-state index contributed by atoms with van der Waals surface area (Å²) in [6.07, 6.45) is 1.38. The maximum absolute atomic E-state index is 13.1. The first-order chi connectivity index (χ1) is 10.3. The Kier molecular flexibility index (Phi) is 4.91. The average molecular weight is 334 g/mol. The molecule has 4 nitrogen and oxygen atoms in total. The molecule has 0 aromatic carbocycles. The van der Waals surface area contributed by atoms with E-state index in [1.165, 1.54) is 6.08 Å². The number of aromatic nitrogens is 1. The number of hydrogen-bond acceptors (Lipinski definition) is 3. The minimum Gasteiger partial charge on any atom is -0.263 e. The summed E-state index contributed by atoms with van der Waals surface area (Å²) in [6, 6.07) is 0.400. The molecule has 1 aromatic rings. The molecule has 0 amide bonds. The van der Waals surface area contributed by atoms with E-state index in [2.05, 4.69) is 11.6 Å². The summed E-state index contributed by atoms with van der Waals surface area (Å²) < 4.78 is 65.8. The van der Waals surface area contributed by atoms with Crippen LogP contribution in [-0.2, 0) is 16.2 Å². The first-order valence-corrected chi connectivity index (χ1v) is 8.36. The van der Waals surface area contributed by atoms with E-state index in [-0.39, 0.29) is 12.6 Å². The molecule has 8 heteroatoms. The minimum atomic E-state index is -4.75. The van der Waals surface area contributed by atoms with Crippen LogP contribution in [0.4, 0.5) is 13.2 Å². The number of pyridine rings is 1. The van der Waals surface area contributed by atoms with Gasteiger partial charge in [0.15, 0.2) is 0 Å². The zero-order valence-electron chi connectivity index (χ0n) is 11.9. The molecule has 22 heavy (non-hydrogen) atoms. The molecule has 2 rings (SSSR count). The summed E-state index contributed by atoms with van der Waals surface area (Å²) in [6.45, 7) is 3.49. The van der Waals surface area contributed by atoms with Gasteiger partial charge in [-0.3, -0.25) is 4.98 Å². The highest BCUT2D eigenvalue weighted by molar-refractivity contribution is 7.89. The average Bonchev–Trinajstić information content (AvgIpc) is 2.97. The van der Waals surface area contributed by atoms with Gasteiger partial charge >= 0.3 is 6.18 Å². The van der Waals surface area contributed by atoms with E-state index in [0.717, 1.165) is 29.5 Å². The van der Waals surface area contributed by atoms with E-state index in [1.54, 1.807) is 0 Å². The van der Waals surface area contributed by atoms with E-state index in [1.807, 2.05) is 0 Å². The van der Waals surface area contributed by atoms with Crippen molar-refractivity contribution in [1.82, 2.24) is 9.29 Å². The van der Waals surface area contributed by atoms with Gasteiger partial charge < -0.3 is 0 Å². The highest BCUT2D eigenvalue weighted by Gasteiger charge is 2.41. The Morgan fingerprint density at radius 1 is 1.36 bits per heavy atom. The summed E-state index contributed by atoms with van der Waals surface area (Å²) in [5.41, 5.74) is -1.19. The number of alkyl halides is 3. The zero-order chi connectivity index (χ0) is 16.4. The molecule has 1 heterocycles. The van der Waals surface area contributed by atoms with E-state index < -0.39 is 26.7 Å². The number of halogens is 3. The first kappa shape index (κ1) is 17.0. The largest absolute Gasteiger partial charge is 0.417 e. The molecule has 1 aromatic heterocycles. The van der Waals surface area contributed by atoms with Crippen LogP contribution in [0.1, 0.15) is 31.2 Å². The Labute approximate surface area is 127 Å². The third-order valence-electron chi connectivity index (χ3n) is 3.72. The monoisotopic (exact) mass is 334 g/mol. The minimum absolute atomic E-state index is 0.0147. The summed E-state index contributed by atoms with van der Waals surface area (Å²) >= 11 is 0. The van der Waals surface area contributed by atoms with Gasteiger partial charge in [-0.05, 0) is 18.9 Å². The molecule has 1 fully saturated rings. The normalized spacial score (nSPS) is 17.1. The van der Waals surface area contributed by atoms with Crippen molar-refractivity contribution in [2.24, 2.45) is 0 Å². The standard InChI is InChI=1S/C14H17F3N2O2S/c1-2-9-19(11-5-3-4-6-11)22(20,21)13-10-18-8-7-12(13)14(15,16)17/h2,7-8,10-11H,1,3-6,9H2. The van der Waals surface area contributed by atoms with Gasteiger partial charge in [0.1, 0.15) is 4.90 Å². The topological polar surface area (TPSA) is 50.3 Å². The first-order valence-electron chi connectivity index (χ1n) is 6.92. The number of sulfonamides is 1. The van der Waals surface area contributed by atoms with Gasteiger partial charge in [0.05, 0.1) is 5.56 Å². The van der Waals surface area contributed by atoms with E-state index in [9.17, 15) is 21.6 Å². The van der Waals surface area contributed by atoms with Crippen molar-refractivity contribution in [3.05, 3.63) is 36.7 Å². The molecule has 0 spiro atoms. The van der Waals surface area contributed by atoms with Crippen LogP contribution in [0.2, 0.25) is 0 Å². The Hall–Kier alpha value is -1.41.